The molecule has 0 radical (unpaired) electrons. The molecule has 2 fully saturated rings. The lowest BCUT2D eigenvalue weighted by Crippen LogP contribution is -2.37. The number of rotatable bonds is 2. The van der Waals surface area contributed by atoms with Crippen molar-refractivity contribution in [1.82, 2.24) is 10.1 Å². The number of ether oxygens (including phenoxy) is 1. The fourth-order valence-corrected chi connectivity index (χ4v) is 2.24. The average molecular weight is 223 g/mol. The molecule has 1 aromatic heterocycles. The van der Waals surface area contributed by atoms with E-state index in [0.717, 1.165) is 18.9 Å². The van der Waals surface area contributed by atoms with Crippen LogP contribution in [0, 0.1) is 0 Å². The summed E-state index contributed by atoms with van der Waals surface area (Å²) in [7, 11) is 0. The van der Waals surface area contributed by atoms with Crippen molar-refractivity contribution in [3.05, 3.63) is 11.7 Å². The van der Waals surface area contributed by atoms with Gasteiger partial charge >= 0.3 is 0 Å². The minimum atomic E-state index is 0.0788. The minimum absolute atomic E-state index is 0.0788. The molecule has 2 heterocycles. The highest BCUT2D eigenvalue weighted by Crippen LogP contribution is 2.35. The highest BCUT2D eigenvalue weighted by molar-refractivity contribution is 5.05. The van der Waals surface area contributed by atoms with Crippen molar-refractivity contribution in [2.45, 2.75) is 43.6 Å². The summed E-state index contributed by atoms with van der Waals surface area (Å²) in [5.74, 6) is 2.11. The molecule has 1 aliphatic carbocycles. The van der Waals surface area contributed by atoms with Crippen LogP contribution in [0.3, 0.4) is 0 Å². The average Bonchev–Trinajstić information content (AvgIpc) is 2.65. The lowest BCUT2D eigenvalue weighted by molar-refractivity contribution is 0.0590. The van der Waals surface area contributed by atoms with Gasteiger partial charge in [0.15, 0.2) is 5.82 Å². The fourth-order valence-electron chi connectivity index (χ4n) is 2.24. The van der Waals surface area contributed by atoms with Gasteiger partial charge in [-0.05, 0) is 19.3 Å². The molecule has 2 aliphatic rings. The van der Waals surface area contributed by atoms with Crippen molar-refractivity contribution < 1.29 is 9.26 Å². The SMILES string of the molecule is NC1CCOCC1c1nc(C2CCC2)no1. The highest BCUT2D eigenvalue weighted by atomic mass is 16.5. The minimum Gasteiger partial charge on any atom is -0.381 e. The second-order valence-corrected chi connectivity index (χ2v) is 4.75. The van der Waals surface area contributed by atoms with E-state index in [1.165, 1.54) is 19.3 Å². The Hall–Kier alpha value is -0.940. The summed E-state index contributed by atoms with van der Waals surface area (Å²) in [6.07, 6.45) is 4.52. The number of nitrogens with zero attached hydrogens (tertiary/aromatic N) is 2. The first kappa shape index (κ1) is 10.2. The van der Waals surface area contributed by atoms with Crippen LogP contribution in [0.4, 0.5) is 0 Å². The number of hydrogen-bond acceptors (Lipinski definition) is 5. The van der Waals surface area contributed by atoms with E-state index in [-0.39, 0.29) is 12.0 Å². The normalized spacial score (nSPS) is 31.3. The van der Waals surface area contributed by atoms with Crippen molar-refractivity contribution >= 4 is 0 Å². The molecular formula is C11H17N3O2. The summed E-state index contributed by atoms with van der Waals surface area (Å²) in [6.45, 7) is 1.34. The zero-order chi connectivity index (χ0) is 11.0. The first-order valence-corrected chi connectivity index (χ1v) is 6.01. The molecule has 0 amide bonds. The zero-order valence-electron chi connectivity index (χ0n) is 9.26. The summed E-state index contributed by atoms with van der Waals surface area (Å²) in [5, 5.41) is 4.05. The maximum absolute atomic E-state index is 6.04. The Labute approximate surface area is 94.3 Å². The second-order valence-electron chi connectivity index (χ2n) is 4.75. The van der Waals surface area contributed by atoms with Gasteiger partial charge in [0.1, 0.15) is 0 Å². The largest absolute Gasteiger partial charge is 0.381 e. The third-order valence-electron chi connectivity index (χ3n) is 3.65. The molecule has 2 unspecified atom stereocenters. The smallest absolute Gasteiger partial charge is 0.233 e. The topological polar surface area (TPSA) is 74.2 Å². The quantitative estimate of drug-likeness (QED) is 0.814. The zero-order valence-corrected chi connectivity index (χ0v) is 9.26. The molecule has 88 valence electrons. The van der Waals surface area contributed by atoms with Crippen LogP contribution in [0.5, 0.6) is 0 Å². The summed E-state index contributed by atoms with van der Waals surface area (Å²) in [6, 6.07) is 0.0865. The van der Waals surface area contributed by atoms with Gasteiger partial charge in [-0.1, -0.05) is 11.6 Å². The van der Waals surface area contributed by atoms with E-state index in [4.69, 9.17) is 15.0 Å². The number of nitrogens with two attached hydrogens (primary N) is 1. The summed E-state index contributed by atoms with van der Waals surface area (Å²) >= 11 is 0. The molecule has 0 bridgehead atoms. The molecule has 0 spiro atoms. The van der Waals surface area contributed by atoms with E-state index in [2.05, 4.69) is 10.1 Å². The van der Waals surface area contributed by atoms with Crippen molar-refractivity contribution in [2.24, 2.45) is 5.73 Å². The van der Waals surface area contributed by atoms with Crippen LogP contribution in [0.25, 0.3) is 0 Å². The Morgan fingerprint density at radius 2 is 2.12 bits per heavy atom. The van der Waals surface area contributed by atoms with Crippen LogP contribution in [0.2, 0.25) is 0 Å². The van der Waals surface area contributed by atoms with Gasteiger partial charge in [-0.15, -0.1) is 0 Å². The predicted octanol–water partition coefficient (Wildman–Crippen LogP) is 1.17. The number of aromatic nitrogens is 2. The highest BCUT2D eigenvalue weighted by Gasteiger charge is 2.31. The van der Waals surface area contributed by atoms with Crippen LogP contribution >= 0.6 is 0 Å². The van der Waals surface area contributed by atoms with Gasteiger partial charge in [-0.3, -0.25) is 0 Å². The second kappa shape index (κ2) is 4.14. The molecule has 5 heteroatoms. The molecule has 16 heavy (non-hydrogen) atoms. The van der Waals surface area contributed by atoms with Crippen LogP contribution < -0.4 is 5.73 Å². The Morgan fingerprint density at radius 1 is 1.25 bits per heavy atom. The summed E-state index contributed by atoms with van der Waals surface area (Å²) < 4.78 is 10.7. The Balaban J connectivity index is 1.75. The Morgan fingerprint density at radius 3 is 2.81 bits per heavy atom. The lowest BCUT2D eigenvalue weighted by Gasteiger charge is -2.25. The molecule has 1 aliphatic heterocycles. The number of hydrogen-bond donors (Lipinski definition) is 1. The maximum atomic E-state index is 6.04. The van der Waals surface area contributed by atoms with E-state index in [1.54, 1.807) is 0 Å². The van der Waals surface area contributed by atoms with Gasteiger partial charge in [-0.2, -0.15) is 4.98 Å². The van der Waals surface area contributed by atoms with E-state index in [9.17, 15) is 0 Å². The van der Waals surface area contributed by atoms with E-state index in [1.807, 2.05) is 0 Å². The Bertz CT molecular complexity index is 362. The Kier molecular flexibility index (Phi) is 2.65. The van der Waals surface area contributed by atoms with Gasteiger partial charge in [0.2, 0.25) is 5.89 Å². The van der Waals surface area contributed by atoms with Crippen molar-refractivity contribution in [3.63, 3.8) is 0 Å². The molecule has 5 nitrogen and oxygen atoms in total. The molecular weight excluding hydrogens is 206 g/mol. The predicted molar refractivity (Wildman–Crippen MR) is 57.0 cm³/mol. The summed E-state index contributed by atoms with van der Waals surface area (Å²) in [4.78, 5) is 4.47. The molecule has 1 saturated carbocycles. The van der Waals surface area contributed by atoms with E-state index < -0.39 is 0 Å². The molecule has 2 N–H and O–H groups in total. The third kappa shape index (κ3) is 1.74. The van der Waals surface area contributed by atoms with E-state index >= 15 is 0 Å². The van der Waals surface area contributed by atoms with Crippen molar-refractivity contribution in [1.29, 1.82) is 0 Å². The van der Waals surface area contributed by atoms with Gasteiger partial charge in [0.25, 0.3) is 0 Å². The van der Waals surface area contributed by atoms with Crippen LogP contribution in [-0.2, 0) is 4.74 Å². The van der Waals surface area contributed by atoms with Crippen LogP contribution in [0.15, 0.2) is 4.52 Å². The van der Waals surface area contributed by atoms with Crippen LogP contribution in [0.1, 0.15) is 49.2 Å². The molecule has 1 saturated heterocycles. The van der Waals surface area contributed by atoms with Crippen molar-refractivity contribution in [2.75, 3.05) is 13.2 Å². The fraction of sp³-hybridized carbons (Fsp3) is 0.818. The summed E-state index contributed by atoms with van der Waals surface area (Å²) in [5.41, 5.74) is 6.04. The first-order valence-electron chi connectivity index (χ1n) is 6.01. The monoisotopic (exact) mass is 223 g/mol. The van der Waals surface area contributed by atoms with E-state index in [0.29, 0.717) is 18.4 Å². The van der Waals surface area contributed by atoms with Gasteiger partial charge in [-0.25, -0.2) is 0 Å². The van der Waals surface area contributed by atoms with Gasteiger partial charge in [0, 0.05) is 18.6 Å². The maximum Gasteiger partial charge on any atom is 0.233 e. The standard InChI is InChI=1S/C11H17N3O2/c12-9-4-5-15-6-8(9)11-13-10(14-16-11)7-2-1-3-7/h7-9H,1-6,12H2. The molecule has 0 aromatic carbocycles. The van der Waals surface area contributed by atoms with Crippen molar-refractivity contribution in [3.8, 4) is 0 Å². The lowest BCUT2D eigenvalue weighted by atomic mass is 9.85. The van der Waals surface area contributed by atoms with Gasteiger partial charge in [0.05, 0.1) is 12.5 Å². The van der Waals surface area contributed by atoms with Crippen LogP contribution in [-0.4, -0.2) is 29.4 Å². The van der Waals surface area contributed by atoms with Gasteiger partial charge < -0.3 is 15.0 Å². The molecule has 1 aromatic rings. The third-order valence-corrected chi connectivity index (χ3v) is 3.65. The molecule has 3 rings (SSSR count). The molecule has 2 atom stereocenters. The first-order chi connectivity index (χ1) is 7.84.